The SMILES string of the molecule is O=C(NCCc1ccc(-n2cccn2)cc1)c1c[nH]c(=S)n1-c1ccc(F)cc1. The van der Waals surface area contributed by atoms with Crippen molar-refractivity contribution in [1.29, 1.82) is 0 Å². The van der Waals surface area contributed by atoms with Gasteiger partial charge in [0.25, 0.3) is 5.91 Å². The molecule has 2 aromatic carbocycles. The van der Waals surface area contributed by atoms with Crippen molar-refractivity contribution in [2.45, 2.75) is 6.42 Å². The number of aromatic amines is 1. The fourth-order valence-corrected chi connectivity index (χ4v) is 3.29. The molecule has 2 aromatic heterocycles. The molecule has 29 heavy (non-hydrogen) atoms. The van der Waals surface area contributed by atoms with Crippen molar-refractivity contribution in [3.05, 3.63) is 95.0 Å². The summed E-state index contributed by atoms with van der Waals surface area (Å²) in [4.78, 5) is 15.5. The predicted molar refractivity (Wildman–Crippen MR) is 111 cm³/mol. The van der Waals surface area contributed by atoms with Gasteiger partial charge in [0.15, 0.2) is 4.77 Å². The number of nitrogens with zero attached hydrogens (tertiary/aromatic N) is 3. The van der Waals surface area contributed by atoms with Gasteiger partial charge in [-0.15, -0.1) is 0 Å². The van der Waals surface area contributed by atoms with Gasteiger partial charge in [-0.3, -0.25) is 9.36 Å². The molecule has 0 fully saturated rings. The van der Waals surface area contributed by atoms with E-state index < -0.39 is 0 Å². The maximum absolute atomic E-state index is 13.2. The van der Waals surface area contributed by atoms with Gasteiger partial charge in [0.2, 0.25) is 0 Å². The van der Waals surface area contributed by atoms with Gasteiger partial charge in [0.05, 0.1) is 5.69 Å². The van der Waals surface area contributed by atoms with Crippen LogP contribution in [0, 0.1) is 10.6 Å². The molecule has 0 saturated carbocycles. The Hall–Kier alpha value is -3.52. The smallest absolute Gasteiger partial charge is 0.269 e. The predicted octanol–water partition coefficient (Wildman–Crippen LogP) is 3.83. The lowest BCUT2D eigenvalue weighted by molar-refractivity contribution is 0.0947. The molecule has 0 aliphatic carbocycles. The number of amides is 1. The minimum Gasteiger partial charge on any atom is -0.350 e. The van der Waals surface area contributed by atoms with Crippen molar-refractivity contribution in [3.8, 4) is 11.4 Å². The number of imidazole rings is 1. The molecule has 0 saturated heterocycles. The number of aromatic nitrogens is 4. The Kier molecular flexibility index (Phi) is 5.35. The number of benzene rings is 2. The van der Waals surface area contributed by atoms with Crippen molar-refractivity contribution >= 4 is 18.1 Å². The van der Waals surface area contributed by atoms with Crippen LogP contribution in [-0.4, -0.2) is 31.8 Å². The summed E-state index contributed by atoms with van der Waals surface area (Å²) in [7, 11) is 0. The normalized spacial score (nSPS) is 10.8. The summed E-state index contributed by atoms with van der Waals surface area (Å²) in [5.74, 6) is -0.602. The van der Waals surface area contributed by atoms with E-state index in [1.54, 1.807) is 33.8 Å². The second-order valence-electron chi connectivity index (χ2n) is 6.41. The lowest BCUT2D eigenvalue weighted by atomic mass is 10.1. The molecule has 2 heterocycles. The van der Waals surface area contributed by atoms with Crippen LogP contribution in [0.25, 0.3) is 11.4 Å². The molecule has 4 rings (SSSR count). The third kappa shape index (κ3) is 4.17. The minimum absolute atomic E-state index is 0.255. The molecule has 1 amide bonds. The largest absolute Gasteiger partial charge is 0.350 e. The molecule has 4 aromatic rings. The first-order valence-electron chi connectivity index (χ1n) is 9.05. The highest BCUT2D eigenvalue weighted by Crippen LogP contribution is 2.14. The van der Waals surface area contributed by atoms with Crippen LogP contribution in [-0.2, 0) is 6.42 Å². The topological polar surface area (TPSA) is 67.6 Å². The molecule has 0 aliphatic rings. The third-order valence-corrected chi connectivity index (χ3v) is 4.80. The lowest BCUT2D eigenvalue weighted by Gasteiger charge is -2.09. The summed E-state index contributed by atoms with van der Waals surface area (Å²) in [6.07, 6.45) is 5.86. The van der Waals surface area contributed by atoms with E-state index in [1.165, 1.54) is 12.1 Å². The summed E-state index contributed by atoms with van der Waals surface area (Å²) in [6, 6.07) is 15.7. The molecular formula is C21H18FN5OS. The minimum atomic E-state index is -0.347. The van der Waals surface area contributed by atoms with Gasteiger partial charge >= 0.3 is 0 Å². The number of carbonyl (C=O) groups excluding carboxylic acids is 1. The fourth-order valence-electron chi connectivity index (χ4n) is 3.03. The number of halogens is 1. The van der Waals surface area contributed by atoms with E-state index in [0.717, 1.165) is 11.3 Å². The number of rotatable bonds is 6. The lowest BCUT2D eigenvalue weighted by Crippen LogP contribution is -2.27. The average molecular weight is 407 g/mol. The fraction of sp³-hybridized carbons (Fsp3) is 0.0952. The molecule has 6 nitrogen and oxygen atoms in total. The Morgan fingerprint density at radius 1 is 1.10 bits per heavy atom. The van der Waals surface area contributed by atoms with Crippen LogP contribution in [0.2, 0.25) is 0 Å². The molecule has 8 heteroatoms. The average Bonchev–Trinajstić information content (AvgIpc) is 3.39. The van der Waals surface area contributed by atoms with Gasteiger partial charge < -0.3 is 10.3 Å². The van der Waals surface area contributed by atoms with Crippen LogP contribution in [0.15, 0.2) is 73.2 Å². The Morgan fingerprint density at radius 3 is 2.52 bits per heavy atom. The number of carbonyl (C=O) groups is 1. The van der Waals surface area contributed by atoms with Crippen molar-refractivity contribution < 1.29 is 9.18 Å². The maximum atomic E-state index is 13.2. The highest BCUT2D eigenvalue weighted by molar-refractivity contribution is 7.71. The van der Waals surface area contributed by atoms with Crippen LogP contribution in [0.4, 0.5) is 4.39 Å². The van der Waals surface area contributed by atoms with Gasteiger partial charge in [0, 0.05) is 30.8 Å². The second kappa shape index (κ2) is 8.24. The zero-order valence-corrected chi connectivity index (χ0v) is 16.2. The van der Waals surface area contributed by atoms with Crippen LogP contribution in [0.3, 0.4) is 0 Å². The first-order valence-corrected chi connectivity index (χ1v) is 9.46. The zero-order chi connectivity index (χ0) is 20.2. The molecule has 0 spiro atoms. The van der Waals surface area contributed by atoms with Gasteiger partial charge in [0.1, 0.15) is 11.5 Å². The molecule has 0 unspecified atom stereocenters. The van der Waals surface area contributed by atoms with Crippen LogP contribution < -0.4 is 5.32 Å². The van der Waals surface area contributed by atoms with Gasteiger partial charge in [-0.2, -0.15) is 5.10 Å². The van der Waals surface area contributed by atoms with E-state index in [2.05, 4.69) is 15.4 Å². The first kappa shape index (κ1) is 18.8. The van der Waals surface area contributed by atoms with E-state index in [1.807, 2.05) is 36.5 Å². The second-order valence-corrected chi connectivity index (χ2v) is 6.80. The van der Waals surface area contributed by atoms with E-state index in [-0.39, 0.29) is 11.7 Å². The summed E-state index contributed by atoms with van der Waals surface area (Å²) in [5, 5.41) is 7.11. The molecule has 0 atom stereocenters. The zero-order valence-electron chi connectivity index (χ0n) is 15.4. The van der Waals surface area contributed by atoms with Crippen LogP contribution >= 0.6 is 12.2 Å². The number of nitrogens with one attached hydrogen (secondary N) is 2. The summed E-state index contributed by atoms with van der Waals surface area (Å²) in [5.41, 5.74) is 3.08. The molecule has 0 aliphatic heterocycles. The Labute approximate surface area is 171 Å². The maximum Gasteiger partial charge on any atom is 0.269 e. The van der Waals surface area contributed by atoms with Gasteiger partial charge in [-0.25, -0.2) is 9.07 Å². The molecule has 146 valence electrons. The highest BCUT2D eigenvalue weighted by Gasteiger charge is 2.14. The molecule has 0 bridgehead atoms. The van der Waals surface area contributed by atoms with Crippen LogP contribution in [0.5, 0.6) is 0 Å². The monoisotopic (exact) mass is 407 g/mol. The number of H-pyrrole nitrogens is 1. The van der Waals surface area contributed by atoms with Crippen molar-refractivity contribution in [3.63, 3.8) is 0 Å². The van der Waals surface area contributed by atoms with E-state index >= 15 is 0 Å². The standard InChI is InChI=1S/C21H18FN5OS/c22-16-4-8-18(9-5-16)27-19(14-24-21(27)29)20(28)23-12-10-15-2-6-17(7-3-15)26-13-1-11-25-26/h1-9,11,13-14H,10,12H2,(H,23,28)(H,24,29). The molecule has 0 radical (unpaired) electrons. The van der Waals surface area contributed by atoms with E-state index in [9.17, 15) is 9.18 Å². The summed E-state index contributed by atoms with van der Waals surface area (Å²) < 4.78 is 16.9. The van der Waals surface area contributed by atoms with Crippen molar-refractivity contribution in [2.24, 2.45) is 0 Å². The highest BCUT2D eigenvalue weighted by atomic mass is 32.1. The Bertz CT molecular complexity index is 1160. The quantitative estimate of drug-likeness (QED) is 0.478. The molecule has 2 N–H and O–H groups in total. The number of hydrogen-bond acceptors (Lipinski definition) is 3. The Balaban J connectivity index is 1.40. The molecular weight excluding hydrogens is 389 g/mol. The summed E-state index contributed by atoms with van der Waals surface area (Å²) in [6.45, 7) is 0.474. The first-order chi connectivity index (χ1) is 14.1. The van der Waals surface area contributed by atoms with Crippen LogP contribution in [0.1, 0.15) is 16.1 Å². The third-order valence-electron chi connectivity index (χ3n) is 4.50. The Morgan fingerprint density at radius 2 is 1.83 bits per heavy atom. The number of hydrogen-bond donors (Lipinski definition) is 2. The van der Waals surface area contributed by atoms with Gasteiger partial charge in [-0.1, -0.05) is 12.1 Å². The van der Waals surface area contributed by atoms with Crippen molar-refractivity contribution in [1.82, 2.24) is 24.6 Å². The van der Waals surface area contributed by atoms with Crippen molar-refractivity contribution in [2.75, 3.05) is 6.54 Å². The van der Waals surface area contributed by atoms with Gasteiger partial charge in [-0.05, 0) is 66.7 Å². The summed E-state index contributed by atoms with van der Waals surface area (Å²) >= 11 is 5.27. The van der Waals surface area contributed by atoms with E-state index in [0.29, 0.717) is 29.1 Å². The van der Waals surface area contributed by atoms with E-state index in [4.69, 9.17) is 12.2 Å².